The number of benzene rings is 2. The fraction of sp³-hybridized carbons (Fsp3) is 0.158. The molecule has 0 atom stereocenters. The van der Waals surface area contributed by atoms with E-state index in [0.29, 0.717) is 0 Å². The van der Waals surface area contributed by atoms with Gasteiger partial charge in [-0.15, -0.1) is 0 Å². The molecule has 1 heterocycles. The molecular weight excluding hydrogens is 457 g/mol. The standard InChI is InChI=1S/C19H10F9N3O/c20-17(21,22)11-6-10(7-12(8-11)18(23,24)25)16(32)29-15-13(9-4-2-1-3-5-9)14(30-31-15)19(26,27)28/h1-8H,(H2,29,30,31,32). The number of carbonyl (C=O) groups excluding carboxylic acids is 1. The van der Waals surface area contributed by atoms with Gasteiger partial charge in [-0.1, -0.05) is 30.3 Å². The fourth-order valence-electron chi connectivity index (χ4n) is 2.79. The van der Waals surface area contributed by atoms with Crippen molar-refractivity contribution in [1.82, 2.24) is 10.2 Å². The monoisotopic (exact) mass is 467 g/mol. The van der Waals surface area contributed by atoms with E-state index in [1.54, 1.807) is 5.10 Å². The van der Waals surface area contributed by atoms with Crippen LogP contribution in [0.4, 0.5) is 45.3 Å². The second-order valence-electron chi connectivity index (χ2n) is 6.43. The normalized spacial score (nSPS) is 12.7. The predicted octanol–water partition coefficient (Wildman–Crippen LogP) is 6.39. The molecule has 32 heavy (non-hydrogen) atoms. The first-order chi connectivity index (χ1) is 14.7. The summed E-state index contributed by atoms with van der Waals surface area (Å²) in [6.45, 7) is 0. The number of aromatic amines is 1. The molecule has 3 aromatic rings. The Hall–Kier alpha value is -3.51. The molecule has 170 valence electrons. The number of alkyl halides is 9. The average Bonchev–Trinajstić information content (AvgIpc) is 3.11. The summed E-state index contributed by atoms with van der Waals surface area (Å²) in [6.07, 6.45) is -15.4. The molecule has 0 saturated carbocycles. The van der Waals surface area contributed by atoms with Crippen LogP contribution in [0.5, 0.6) is 0 Å². The van der Waals surface area contributed by atoms with Gasteiger partial charge in [0.15, 0.2) is 5.82 Å². The predicted molar refractivity (Wildman–Crippen MR) is 93.4 cm³/mol. The van der Waals surface area contributed by atoms with Crippen molar-refractivity contribution in [2.24, 2.45) is 0 Å². The number of hydrogen-bond donors (Lipinski definition) is 2. The minimum Gasteiger partial charge on any atom is -0.305 e. The van der Waals surface area contributed by atoms with Crippen LogP contribution in [0.1, 0.15) is 27.2 Å². The number of hydrogen-bond acceptors (Lipinski definition) is 2. The SMILES string of the molecule is O=C(Nc1n[nH]c(C(F)(F)F)c1-c1ccccc1)c1cc(C(F)(F)F)cc(C(F)(F)F)c1. The molecule has 0 aliphatic heterocycles. The zero-order chi connectivity index (χ0) is 23.9. The van der Waals surface area contributed by atoms with Crippen LogP contribution in [-0.4, -0.2) is 16.1 Å². The Morgan fingerprint density at radius 2 is 1.31 bits per heavy atom. The van der Waals surface area contributed by atoms with Crippen LogP contribution >= 0.6 is 0 Å². The summed E-state index contributed by atoms with van der Waals surface area (Å²) in [4.78, 5) is 12.4. The fourth-order valence-corrected chi connectivity index (χ4v) is 2.79. The summed E-state index contributed by atoms with van der Waals surface area (Å²) in [6, 6.07) is 6.91. The number of carbonyl (C=O) groups is 1. The van der Waals surface area contributed by atoms with Gasteiger partial charge in [-0.25, -0.2) is 0 Å². The highest BCUT2D eigenvalue weighted by atomic mass is 19.4. The van der Waals surface area contributed by atoms with Crippen molar-refractivity contribution in [3.8, 4) is 11.1 Å². The summed E-state index contributed by atoms with van der Waals surface area (Å²) in [5.74, 6) is -2.24. The van der Waals surface area contributed by atoms with Crippen LogP contribution in [-0.2, 0) is 18.5 Å². The van der Waals surface area contributed by atoms with E-state index in [1.165, 1.54) is 30.3 Å². The first-order valence-corrected chi connectivity index (χ1v) is 8.49. The first-order valence-electron chi connectivity index (χ1n) is 8.49. The van der Waals surface area contributed by atoms with Gasteiger partial charge in [0.2, 0.25) is 0 Å². The molecule has 0 unspecified atom stereocenters. The maximum Gasteiger partial charge on any atom is 0.433 e. The van der Waals surface area contributed by atoms with Crippen LogP contribution in [0.2, 0.25) is 0 Å². The quantitative estimate of drug-likeness (QED) is 0.439. The minimum atomic E-state index is -5.21. The molecule has 0 spiro atoms. The summed E-state index contributed by atoms with van der Waals surface area (Å²) >= 11 is 0. The van der Waals surface area contributed by atoms with Crippen molar-refractivity contribution >= 4 is 11.7 Å². The molecule has 0 radical (unpaired) electrons. The zero-order valence-corrected chi connectivity index (χ0v) is 15.4. The van der Waals surface area contributed by atoms with Crippen molar-refractivity contribution in [2.75, 3.05) is 5.32 Å². The molecule has 1 aromatic heterocycles. The van der Waals surface area contributed by atoms with Crippen molar-refractivity contribution in [2.45, 2.75) is 18.5 Å². The molecule has 0 aliphatic carbocycles. The number of anilines is 1. The van der Waals surface area contributed by atoms with Gasteiger partial charge in [0.1, 0.15) is 5.69 Å². The number of aromatic nitrogens is 2. The van der Waals surface area contributed by atoms with Gasteiger partial charge >= 0.3 is 18.5 Å². The molecule has 0 saturated heterocycles. The molecule has 0 fully saturated rings. The van der Waals surface area contributed by atoms with E-state index in [-0.39, 0.29) is 23.8 Å². The Balaban J connectivity index is 2.08. The molecule has 0 bridgehead atoms. The summed E-state index contributed by atoms with van der Waals surface area (Å²) < 4.78 is 118. The number of nitrogens with one attached hydrogen (secondary N) is 2. The van der Waals surface area contributed by atoms with E-state index >= 15 is 0 Å². The molecule has 1 amide bonds. The highest BCUT2D eigenvalue weighted by Gasteiger charge is 2.39. The van der Waals surface area contributed by atoms with Gasteiger partial charge in [0.05, 0.1) is 16.7 Å². The van der Waals surface area contributed by atoms with Crippen LogP contribution < -0.4 is 5.32 Å². The van der Waals surface area contributed by atoms with Crippen LogP contribution in [0, 0.1) is 0 Å². The lowest BCUT2D eigenvalue weighted by Crippen LogP contribution is -2.17. The van der Waals surface area contributed by atoms with Crippen molar-refractivity contribution in [3.63, 3.8) is 0 Å². The van der Waals surface area contributed by atoms with Crippen molar-refractivity contribution < 1.29 is 44.3 Å². The minimum absolute atomic E-state index is 0.0519. The van der Waals surface area contributed by atoms with Gasteiger partial charge in [-0.2, -0.15) is 44.6 Å². The lowest BCUT2D eigenvalue weighted by Gasteiger charge is -2.14. The van der Waals surface area contributed by atoms with Crippen molar-refractivity contribution in [3.05, 3.63) is 70.9 Å². The third-order valence-electron chi connectivity index (χ3n) is 4.19. The first kappa shape index (κ1) is 23.2. The molecule has 2 aromatic carbocycles. The largest absolute Gasteiger partial charge is 0.433 e. The zero-order valence-electron chi connectivity index (χ0n) is 15.4. The third kappa shape index (κ3) is 4.86. The number of rotatable bonds is 3. The Bertz CT molecular complexity index is 1100. The molecule has 0 aliphatic rings. The Labute approximate surface area is 173 Å². The molecular formula is C19H10F9N3O. The lowest BCUT2D eigenvalue weighted by atomic mass is 10.0. The van der Waals surface area contributed by atoms with E-state index in [0.717, 1.165) is 0 Å². The Morgan fingerprint density at radius 3 is 1.78 bits per heavy atom. The van der Waals surface area contributed by atoms with E-state index in [2.05, 4.69) is 5.10 Å². The van der Waals surface area contributed by atoms with Gasteiger partial charge in [-0.05, 0) is 23.8 Å². The Kier molecular flexibility index (Phi) is 5.70. The van der Waals surface area contributed by atoms with Crippen LogP contribution in [0.25, 0.3) is 11.1 Å². The molecule has 4 nitrogen and oxygen atoms in total. The number of nitrogens with zero attached hydrogens (tertiary/aromatic N) is 1. The number of H-pyrrole nitrogens is 1. The number of amides is 1. The van der Waals surface area contributed by atoms with Crippen molar-refractivity contribution in [1.29, 1.82) is 0 Å². The highest BCUT2D eigenvalue weighted by molar-refractivity contribution is 6.06. The van der Waals surface area contributed by atoms with Crippen LogP contribution in [0.3, 0.4) is 0 Å². The Morgan fingerprint density at radius 1 is 0.781 bits per heavy atom. The molecule has 13 heteroatoms. The molecule has 2 N–H and O–H groups in total. The maximum atomic E-state index is 13.3. The van der Waals surface area contributed by atoms with Gasteiger partial charge in [-0.3, -0.25) is 9.89 Å². The lowest BCUT2D eigenvalue weighted by molar-refractivity contribution is -0.143. The smallest absolute Gasteiger partial charge is 0.305 e. The van der Waals surface area contributed by atoms with E-state index in [9.17, 15) is 44.3 Å². The molecule has 3 rings (SSSR count). The summed E-state index contributed by atoms with van der Waals surface area (Å²) in [5.41, 5.74) is -6.61. The average molecular weight is 467 g/mol. The topological polar surface area (TPSA) is 57.8 Å². The number of halogens is 9. The summed E-state index contributed by atoms with van der Waals surface area (Å²) in [5, 5.41) is 6.90. The third-order valence-corrected chi connectivity index (χ3v) is 4.19. The van der Waals surface area contributed by atoms with Gasteiger partial charge in [0.25, 0.3) is 5.91 Å². The second-order valence-corrected chi connectivity index (χ2v) is 6.43. The van der Waals surface area contributed by atoms with Gasteiger partial charge in [0, 0.05) is 5.56 Å². The summed E-state index contributed by atoms with van der Waals surface area (Å²) in [7, 11) is 0. The maximum absolute atomic E-state index is 13.3. The van der Waals surface area contributed by atoms with E-state index in [4.69, 9.17) is 0 Å². The van der Waals surface area contributed by atoms with E-state index in [1.807, 2.05) is 5.32 Å². The van der Waals surface area contributed by atoms with E-state index < -0.39 is 58.2 Å². The second kappa shape index (κ2) is 7.88. The highest BCUT2D eigenvalue weighted by Crippen LogP contribution is 2.40. The van der Waals surface area contributed by atoms with Crippen LogP contribution in [0.15, 0.2) is 48.5 Å². The van der Waals surface area contributed by atoms with Gasteiger partial charge < -0.3 is 5.32 Å².